The van der Waals surface area contributed by atoms with Gasteiger partial charge < -0.3 is 5.73 Å². The maximum absolute atomic E-state index is 13.1. The lowest BCUT2D eigenvalue weighted by Gasteiger charge is -2.04. The summed E-state index contributed by atoms with van der Waals surface area (Å²) in [6, 6.07) is 9.87. The van der Waals surface area contributed by atoms with Gasteiger partial charge in [0.2, 0.25) is 0 Å². The van der Waals surface area contributed by atoms with Gasteiger partial charge in [0.15, 0.2) is 0 Å². The summed E-state index contributed by atoms with van der Waals surface area (Å²) in [7, 11) is 0. The Morgan fingerprint density at radius 2 is 2.22 bits per heavy atom. The normalized spacial score (nSPS) is 10.0. The Labute approximate surface area is 108 Å². The number of nitriles is 1. The molecule has 0 amide bonds. The van der Waals surface area contributed by atoms with Crippen molar-refractivity contribution >= 4 is 17.4 Å². The second kappa shape index (κ2) is 5.52. The van der Waals surface area contributed by atoms with Gasteiger partial charge in [-0.1, -0.05) is 17.8 Å². The van der Waals surface area contributed by atoms with Crippen LogP contribution in [0.2, 0.25) is 0 Å². The maximum Gasteiger partial charge on any atom is 0.140 e. The Hall–Kier alpha value is -2.06. The quantitative estimate of drug-likeness (QED) is 0.861. The van der Waals surface area contributed by atoms with E-state index in [9.17, 15) is 4.39 Å². The number of thioether (sulfide) groups is 1. The molecule has 3 nitrogen and oxygen atoms in total. The standard InChI is InChI=1S/C13H10FN3S/c14-11-4-3-9(6-10(11)7-15)8-18-13-12(16)2-1-5-17-13/h1-6H,8,16H2. The fraction of sp³-hybridized carbons (Fsp3) is 0.0769. The molecule has 1 aromatic carbocycles. The van der Waals surface area contributed by atoms with Gasteiger partial charge >= 0.3 is 0 Å². The van der Waals surface area contributed by atoms with Gasteiger partial charge in [0, 0.05) is 11.9 Å². The zero-order valence-corrected chi connectivity index (χ0v) is 10.2. The van der Waals surface area contributed by atoms with Crippen LogP contribution in [0.25, 0.3) is 0 Å². The first-order valence-electron chi connectivity index (χ1n) is 5.22. The summed E-state index contributed by atoms with van der Waals surface area (Å²) in [6.45, 7) is 0. The van der Waals surface area contributed by atoms with E-state index >= 15 is 0 Å². The first-order valence-corrected chi connectivity index (χ1v) is 6.21. The number of benzene rings is 1. The first-order chi connectivity index (χ1) is 8.70. The molecule has 0 atom stereocenters. The van der Waals surface area contributed by atoms with Crippen LogP contribution in [0, 0.1) is 17.1 Å². The van der Waals surface area contributed by atoms with Gasteiger partial charge in [-0.15, -0.1) is 0 Å². The van der Waals surface area contributed by atoms with E-state index in [1.807, 2.05) is 6.07 Å². The van der Waals surface area contributed by atoms with E-state index in [4.69, 9.17) is 11.0 Å². The molecule has 0 fully saturated rings. The second-order valence-electron chi connectivity index (χ2n) is 3.61. The molecule has 1 aromatic heterocycles. The molecule has 0 aliphatic heterocycles. The summed E-state index contributed by atoms with van der Waals surface area (Å²) in [5.41, 5.74) is 7.31. The molecule has 1 heterocycles. The highest BCUT2D eigenvalue weighted by Gasteiger charge is 2.05. The van der Waals surface area contributed by atoms with E-state index in [0.29, 0.717) is 11.4 Å². The molecule has 2 rings (SSSR count). The van der Waals surface area contributed by atoms with E-state index in [0.717, 1.165) is 10.6 Å². The van der Waals surface area contributed by atoms with Crippen molar-refractivity contribution in [3.8, 4) is 6.07 Å². The van der Waals surface area contributed by atoms with Crippen molar-refractivity contribution < 1.29 is 4.39 Å². The van der Waals surface area contributed by atoms with Crippen LogP contribution in [0.4, 0.5) is 10.1 Å². The lowest BCUT2D eigenvalue weighted by molar-refractivity contribution is 0.623. The average molecular weight is 259 g/mol. The number of halogens is 1. The smallest absolute Gasteiger partial charge is 0.140 e. The summed E-state index contributed by atoms with van der Waals surface area (Å²) in [6.07, 6.45) is 1.67. The number of nitrogens with two attached hydrogens (primary N) is 1. The minimum absolute atomic E-state index is 0.0575. The number of nitrogens with zero attached hydrogens (tertiary/aromatic N) is 2. The number of rotatable bonds is 3. The van der Waals surface area contributed by atoms with Crippen molar-refractivity contribution in [1.82, 2.24) is 4.98 Å². The Bertz CT molecular complexity index is 607. The molecule has 5 heteroatoms. The van der Waals surface area contributed by atoms with Crippen molar-refractivity contribution in [1.29, 1.82) is 5.26 Å². The Morgan fingerprint density at radius 3 is 2.94 bits per heavy atom. The lowest BCUT2D eigenvalue weighted by atomic mass is 10.1. The number of hydrogen-bond acceptors (Lipinski definition) is 4. The third-order valence-electron chi connectivity index (χ3n) is 2.33. The monoisotopic (exact) mass is 259 g/mol. The largest absolute Gasteiger partial charge is 0.397 e. The van der Waals surface area contributed by atoms with Gasteiger partial charge in [0.1, 0.15) is 16.9 Å². The minimum Gasteiger partial charge on any atom is -0.397 e. The van der Waals surface area contributed by atoms with Crippen LogP contribution in [0.15, 0.2) is 41.6 Å². The predicted octanol–water partition coefficient (Wildman–Crippen LogP) is 2.97. The van der Waals surface area contributed by atoms with Crippen LogP contribution in [0.3, 0.4) is 0 Å². The van der Waals surface area contributed by atoms with Crippen LogP contribution >= 0.6 is 11.8 Å². The van der Waals surface area contributed by atoms with Crippen molar-refractivity contribution in [2.45, 2.75) is 10.8 Å². The highest BCUT2D eigenvalue weighted by atomic mass is 32.2. The van der Waals surface area contributed by atoms with Crippen LogP contribution in [-0.2, 0) is 5.75 Å². The van der Waals surface area contributed by atoms with E-state index in [-0.39, 0.29) is 5.56 Å². The molecule has 0 radical (unpaired) electrons. The Kier molecular flexibility index (Phi) is 3.80. The molecule has 0 unspecified atom stereocenters. The molecule has 2 aromatic rings. The van der Waals surface area contributed by atoms with E-state index in [1.165, 1.54) is 17.8 Å². The summed E-state index contributed by atoms with van der Waals surface area (Å²) in [5, 5.41) is 9.48. The molecular weight excluding hydrogens is 249 g/mol. The summed E-state index contributed by atoms with van der Waals surface area (Å²) in [4.78, 5) is 4.15. The summed E-state index contributed by atoms with van der Waals surface area (Å²) < 4.78 is 13.1. The molecular formula is C13H10FN3S. The second-order valence-corrected chi connectivity index (χ2v) is 4.58. The van der Waals surface area contributed by atoms with E-state index in [1.54, 1.807) is 30.5 Å². The number of nitrogen functional groups attached to an aromatic ring is 1. The van der Waals surface area contributed by atoms with Crippen LogP contribution in [0.5, 0.6) is 0 Å². The van der Waals surface area contributed by atoms with Crippen LogP contribution in [-0.4, -0.2) is 4.98 Å². The molecule has 90 valence electrons. The molecule has 0 bridgehead atoms. The first kappa shape index (κ1) is 12.4. The summed E-state index contributed by atoms with van der Waals surface area (Å²) in [5.74, 6) is 0.0968. The highest BCUT2D eigenvalue weighted by Crippen LogP contribution is 2.26. The van der Waals surface area contributed by atoms with Gasteiger partial charge in [-0.2, -0.15) is 5.26 Å². The number of pyridine rings is 1. The maximum atomic E-state index is 13.1. The minimum atomic E-state index is -0.497. The molecule has 2 N–H and O–H groups in total. The lowest BCUT2D eigenvalue weighted by Crippen LogP contribution is -1.92. The molecule has 0 saturated carbocycles. The Morgan fingerprint density at radius 1 is 1.39 bits per heavy atom. The molecule has 0 saturated heterocycles. The average Bonchev–Trinajstić information content (AvgIpc) is 2.39. The molecule has 0 aliphatic rings. The SMILES string of the molecule is N#Cc1cc(CSc2ncccc2N)ccc1F. The summed E-state index contributed by atoms with van der Waals surface area (Å²) >= 11 is 1.46. The number of aromatic nitrogens is 1. The van der Waals surface area contributed by atoms with Gasteiger partial charge in [-0.3, -0.25) is 0 Å². The van der Waals surface area contributed by atoms with Gasteiger partial charge in [0.25, 0.3) is 0 Å². The van der Waals surface area contributed by atoms with E-state index in [2.05, 4.69) is 4.98 Å². The fourth-order valence-electron chi connectivity index (χ4n) is 1.42. The molecule has 18 heavy (non-hydrogen) atoms. The van der Waals surface area contributed by atoms with Crippen molar-refractivity contribution in [2.75, 3.05) is 5.73 Å². The molecule has 0 spiro atoms. The highest BCUT2D eigenvalue weighted by molar-refractivity contribution is 7.98. The van der Waals surface area contributed by atoms with Gasteiger partial charge in [-0.05, 0) is 29.8 Å². The van der Waals surface area contributed by atoms with Crippen molar-refractivity contribution in [2.24, 2.45) is 0 Å². The molecule has 0 aliphatic carbocycles. The number of anilines is 1. The Balaban J connectivity index is 2.12. The van der Waals surface area contributed by atoms with E-state index < -0.39 is 5.82 Å². The van der Waals surface area contributed by atoms with Gasteiger partial charge in [0.05, 0.1) is 11.3 Å². The predicted molar refractivity (Wildman–Crippen MR) is 69.3 cm³/mol. The zero-order valence-electron chi connectivity index (χ0n) is 9.43. The van der Waals surface area contributed by atoms with Crippen molar-refractivity contribution in [3.05, 3.63) is 53.5 Å². The van der Waals surface area contributed by atoms with Crippen LogP contribution in [0.1, 0.15) is 11.1 Å². The van der Waals surface area contributed by atoms with Gasteiger partial charge in [-0.25, -0.2) is 9.37 Å². The topological polar surface area (TPSA) is 62.7 Å². The third kappa shape index (κ3) is 2.79. The number of hydrogen-bond donors (Lipinski definition) is 1. The third-order valence-corrected chi connectivity index (χ3v) is 3.42. The fourth-order valence-corrected chi connectivity index (χ4v) is 2.28. The van der Waals surface area contributed by atoms with Crippen LogP contribution < -0.4 is 5.73 Å². The van der Waals surface area contributed by atoms with Crippen molar-refractivity contribution in [3.63, 3.8) is 0 Å². The zero-order chi connectivity index (χ0) is 13.0.